The van der Waals surface area contributed by atoms with Crippen LogP contribution in [0, 0.1) is 41.5 Å². The second-order valence-electron chi connectivity index (χ2n) is 15.7. The first-order chi connectivity index (χ1) is 25.8. The summed E-state index contributed by atoms with van der Waals surface area (Å²) >= 11 is -6.05. The average Bonchev–Trinajstić information content (AvgIpc) is 3.74. The number of halogens is 2. The average molecular weight is 927 g/mol. The number of fused-ring (bicyclic) bond motifs is 2. The van der Waals surface area contributed by atoms with E-state index in [1.807, 2.05) is 0 Å². The molecule has 2 amide bonds. The van der Waals surface area contributed by atoms with Gasteiger partial charge in [0.25, 0.3) is 0 Å². The van der Waals surface area contributed by atoms with Crippen molar-refractivity contribution in [2.24, 2.45) is 0 Å². The van der Waals surface area contributed by atoms with E-state index in [0.717, 1.165) is 71.9 Å². The summed E-state index contributed by atoms with van der Waals surface area (Å²) in [5.41, 5.74) is 19.1. The Morgan fingerprint density at radius 2 is 1.00 bits per heavy atom. The number of amides is 2. The van der Waals surface area contributed by atoms with E-state index in [4.69, 9.17) is 17.2 Å². The number of hydrogen-bond acceptors (Lipinski definition) is 2. The number of unbranched alkanes of at least 4 members (excludes halogenated alkanes) is 2. The molecule has 6 rings (SSSR count). The van der Waals surface area contributed by atoms with Crippen molar-refractivity contribution in [3.8, 4) is 22.3 Å². The Morgan fingerprint density at radius 3 is 1.37 bits per heavy atom. The summed E-state index contributed by atoms with van der Waals surface area (Å²) in [6.45, 7) is 17.5. The maximum atomic E-state index is 12.6. The zero-order chi connectivity index (χ0) is 39.0. The van der Waals surface area contributed by atoms with Crippen molar-refractivity contribution in [1.29, 1.82) is 0 Å². The molecule has 0 spiro atoms. The van der Waals surface area contributed by atoms with E-state index < -0.39 is 20.5 Å². The summed E-state index contributed by atoms with van der Waals surface area (Å²) in [4.78, 5) is 25.2. The fourth-order valence-corrected chi connectivity index (χ4v) is 39.1. The van der Waals surface area contributed by atoms with Gasteiger partial charge in [-0.1, -0.05) is 0 Å². The summed E-state index contributed by atoms with van der Waals surface area (Å²) in [5.74, 6) is 0. The molecule has 2 N–H and O–H groups in total. The van der Waals surface area contributed by atoms with Crippen LogP contribution in [-0.4, -0.2) is 17.4 Å². The number of rotatable bonds is 15. The van der Waals surface area contributed by atoms with E-state index in [-0.39, 0.29) is 7.35 Å². The minimum absolute atomic E-state index is 0.364. The molecule has 4 nitrogen and oxygen atoms in total. The van der Waals surface area contributed by atoms with Gasteiger partial charge in [0.05, 0.1) is 0 Å². The molecule has 0 saturated heterocycles. The molecule has 2 aliphatic carbocycles. The summed E-state index contributed by atoms with van der Waals surface area (Å²) in [7, 11) is 17.5. The Kier molecular flexibility index (Phi) is 12.1. The van der Waals surface area contributed by atoms with E-state index in [0.29, 0.717) is 12.8 Å². The van der Waals surface area contributed by atoms with Crippen LogP contribution in [0.1, 0.15) is 115 Å². The molecule has 0 heterocycles. The monoisotopic (exact) mass is 927 g/mol. The first kappa shape index (κ1) is 40.5. The molecule has 8 heteroatoms. The maximum absolute atomic E-state index is 12.6. The third-order valence-electron chi connectivity index (χ3n) is 12.8. The van der Waals surface area contributed by atoms with Gasteiger partial charge in [-0.2, -0.15) is 0 Å². The van der Waals surface area contributed by atoms with Gasteiger partial charge in [0, 0.05) is 0 Å². The Balaban J connectivity index is 1.69. The number of nitrogens with one attached hydrogen (secondary N) is 2. The fourth-order valence-electron chi connectivity index (χ4n) is 9.39. The summed E-state index contributed by atoms with van der Waals surface area (Å²) in [6.07, 6.45) is 11.6. The second-order valence-corrected chi connectivity index (χ2v) is 46.1. The van der Waals surface area contributed by atoms with Gasteiger partial charge in [-0.15, -0.1) is 0 Å². The molecule has 0 aliphatic heterocycles. The van der Waals surface area contributed by atoms with E-state index in [2.05, 4.69) is 139 Å². The topological polar surface area (TPSA) is 58.2 Å². The quantitative estimate of drug-likeness (QED) is 0.0922. The zero-order valence-electron chi connectivity index (χ0n) is 33.1. The number of hydrogen-bond donors (Lipinski definition) is 2. The van der Waals surface area contributed by atoms with Crippen LogP contribution in [0.4, 0.5) is 0 Å². The molecule has 0 radical (unpaired) electrons. The number of allylic oxidation sites excluding steroid dienone is 2. The molecule has 0 aromatic heterocycles. The SMILES string of the molecule is CCCCC1=Cc2c(-c3ccc(C)c(C)c3C)cccc2[CH]1[Hf]([Cl])([Cl])([B](NC=O)NC=O)[CH]1C(CCCC)=Cc2c(-c3ccc(C)c(C)c3C)cccc21. The fraction of sp³-hybridized carbons (Fsp3) is 0.348. The molecular weight excluding hydrogens is 873 g/mol. The molecule has 4 aromatic rings. The molecule has 0 fully saturated rings. The van der Waals surface area contributed by atoms with Crippen LogP contribution < -0.4 is 10.5 Å². The van der Waals surface area contributed by atoms with Crippen molar-refractivity contribution >= 4 is 46.7 Å². The van der Waals surface area contributed by atoms with Gasteiger partial charge in [0.2, 0.25) is 0 Å². The van der Waals surface area contributed by atoms with Crippen molar-refractivity contribution in [3.05, 3.63) is 127 Å². The van der Waals surface area contributed by atoms with Crippen molar-refractivity contribution in [2.45, 2.75) is 101 Å². The Morgan fingerprint density at radius 1 is 0.593 bits per heavy atom. The Hall–Kier alpha value is -3.18. The first-order valence-electron chi connectivity index (χ1n) is 19.6. The Labute approximate surface area is 331 Å². The molecule has 0 bridgehead atoms. The van der Waals surface area contributed by atoms with Crippen molar-refractivity contribution in [1.82, 2.24) is 10.5 Å². The minimum atomic E-state index is -6.05. The molecule has 4 aromatic carbocycles. The first-order valence-corrected chi connectivity index (χ1v) is 34.7. The molecule has 2 unspecified atom stereocenters. The van der Waals surface area contributed by atoms with E-state index in [9.17, 15) is 9.59 Å². The molecule has 281 valence electrons. The predicted molar refractivity (Wildman–Crippen MR) is 229 cm³/mol. The second kappa shape index (κ2) is 16.1. The summed E-state index contributed by atoms with van der Waals surface area (Å²) < 4.78 is -1.66. The predicted octanol–water partition coefficient (Wildman–Crippen LogP) is 12.3. The van der Waals surface area contributed by atoms with Gasteiger partial charge < -0.3 is 0 Å². The standard InChI is InChI=1S/2C22H25.C2H3BN2O2.2ClH.Hf/c2*1-5-6-8-18-13-19-9-7-10-21(22(19)14-18)20-12-11-15(2)16(3)17(20)4;6-1-4-3-5-2-7;;;/h2*7,9-14H,5-6,8H2,1-4H3;1-2H,(H-,4,5,6,7);2*1H;/q;;;;;+1/p-1. The number of benzene rings is 4. The Bertz CT molecular complexity index is 2040. The number of aryl methyl sites for hydroxylation is 2. The van der Waals surface area contributed by atoms with E-state index in [1.165, 1.54) is 55.7 Å². The molecular formula is C46H54BCl2HfN2O2. The van der Waals surface area contributed by atoms with E-state index >= 15 is 0 Å². The normalized spacial score (nSPS) is 16.8. The summed E-state index contributed by atoms with van der Waals surface area (Å²) in [5, 5.41) is 6.06. The van der Waals surface area contributed by atoms with Crippen LogP contribution in [0.2, 0.25) is 0 Å². The van der Waals surface area contributed by atoms with Crippen LogP contribution in [-0.2, 0) is 25.5 Å². The number of carbonyl (C=O) groups is 2. The van der Waals surface area contributed by atoms with Crippen LogP contribution in [0.5, 0.6) is 0 Å². The zero-order valence-corrected chi connectivity index (χ0v) is 38.2. The van der Waals surface area contributed by atoms with Crippen LogP contribution >= 0.6 is 17.2 Å². The molecule has 0 saturated carbocycles. The molecule has 54 heavy (non-hydrogen) atoms. The van der Waals surface area contributed by atoms with Gasteiger partial charge >= 0.3 is 334 Å². The van der Waals surface area contributed by atoms with Gasteiger partial charge in [0.15, 0.2) is 0 Å². The van der Waals surface area contributed by atoms with E-state index in [1.54, 1.807) is 0 Å². The van der Waals surface area contributed by atoms with Crippen LogP contribution in [0.3, 0.4) is 0 Å². The van der Waals surface area contributed by atoms with Gasteiger partial charge in [-0.25, -0.2) is 0 Å². The van der Waals surface area contributed by atoms with Crippen molar-refractivity contribution in [3.63, 3.8) is 0 Å². The van der Waals surface area contributed by atoms with Crippen molar-refractivity contribution < 1.29 is 25.5 Å². The van der Waals surface area contributed by atoms with Gasteiger partial charge in [-0.3, -0.25) is 0 Å². The molecule has 2 aliphatic rings. The number of carbonyl (C=O) groups excluding carboxylic acids is 2. The summed E-state index contributed by atoms with van der Waals surface area (Å²) in [6, 6.07) is 21.9. The third kappa shape index (κ3) is 6.73. The third-order valence-corrected chi connectivity index (χ3v) is 41.5. The van der Waals surface area contributed by atoms with Gasteiger partial charge in [-0.05, 0) is 0 Å². The molecule has 2 atom stereocenters. The van der Waals surface area contributed by atoms with Crippen LogP contribution in [0.25, 0.3) is 34.4 Å². The van der Waals surface area contributed by atoms with Crippen molar-refractivity contribution in [2.75, 3.05) is 0 Å². The van der Waals surface area contributed by atoms with Crippen LogP contribution in [0.15, 0.2) is 71.8 Å². The van der Waals surface area contributed by atoms with Gasteiger partial charge in [0.1, 0.15) is 0 Å².